The number of hydrogen-bond acceptors (Lipinski definition) is 4. The van der Waals surface area contributed by atoms with E-state index in [1.165, 1.54) is 12.3 Å². The van der Waals surface area contributed by atoms with E-state index in [0.717, 1.165) is 5.75 Å². The van der Waals surface area contributed by atoms with Crippen LogP contribution in [0.2, 0.25) is 0 Å². The van der Waals surface area contributed by atoms with E-state index >= 15 is 0 Å². The standard InChI is InChI=1S/C8H11NO3S/c9-1-2-13-5-7-3-6(4-12-7)8(10)11/h3-4H,1-2,5,9H2,(H,10,11). The summed E-state index contributed by atoms with van der Waals surface area (Å²) in [5.74, 6) is 1.24. The van der Waals surface area contributed by atoms with Crippen LogP contribution < -0.4 is 5.73 Å². The molecule has 0 aliphatic heterocycles. The number of nitrogens with two attached hydrogens (primary N) is 1. The first-order chi connectivity index (χ1) is 6.24. The highest BCUT2D eigenvalue weighted by molar-refractivity contribution is 7.98. The van der Waals surface area contributed by atoms with E-state index in [1.807, 2.05) is 0 Å². The Morgan fingerprint density at radius 2 is 2.46 bits per heavy atom. The van der Waals surface area contributed by atoms with Crippen molar-refractivity contribution in [1.29, 1.82) is 0 Å². The van der Waals surface area contributed by atoms with E-state index < -0.39 is 5.97 Å². The summed E-state index contributed by atoms with van der Waals surface area (Å²) in [5.41, 5.74) is 5.50. The first-order valence-electron chi connectivity index (χ1n) is 3.82. The van der Waals surface area contributed by atoms with Crippen LogP contribution in [0, 0.1) is 0 Å². The van der Waals surface area contributed by atoms with Crippen molar-refractivity contribution >= 4 is 17.7 Å². The van der Waals surface area contributed by atoms with E-state index in [1.54, 1.807) is 11.8 Å². The third-order valence-corrected chi connectivity index (χ3v) is 2.42. The van der Waals surface area contributed by atoms with Gasteiger partial charge in [0.25, 0.3) is 0 Å². The first-order valence-corrected chi connectivity index (χ1v) is 4.98. The quantitative estimate of drug-likeness (QED) is 0.699. The van der Waals surface area contributed by atoms with Gasteiger partial charge < -0.3 is 15.3 Å². The maximum absolute atomic E-state index is 10.5. The number of carbonyl (C=O) groups is 1. The van der Waals surface area contributed by atoms with Crippen LogP contribution >= 0.6 is 11.8 Å². The lowest BCUT2D eigenvalue weighted by atomic mass is 10.3. The normalized spacial score (nSPS) is 10.2. The van der Waals surface area contributed by atoms with Crippen molar-refractivity contribution in [3.8, 4) is 0 Å². The van der Waals surface area contributed by atoms with Gasteiger partial charge in [0.2, 0.25) is 0 Å². The molecule has 0 amide bonds. The second kappa shape index (κ2) is 4.94. The minimum absolute atomic E-state index is 0.198. The van der Waals surface area contributed by atoms with Crippen molar-refractivity contribution in [2.24, 2.45) is 5.73 Å². The molecule has 4 nitrogen and oxygen atoms in total. The molecule has 1 heterocycles. The zero-order chi connectivity index (χ0) is 9.68. The Balaban J connectivity index is 2.44. The summed E-state index contributed by atoms with van der Waals surface area (Å²) in [6, 6.07) is 1.53. The van der Waals surface area contributed by atoms with Gasteiger partial charge in [-0.2, -0.15) is 11.8 Å². The van der Waals surface area contributed by atoms with Gasteiger partial charge in [0.05, 0.1) is 11.3 Å². The Morgan fingerprint density at radius 3 is 3.00 bits per heavy atom. The topological polar surface area (TPSA) is 76.5 Å². The van der Waals surface area contributed by atoms with Crippen molar-refractivity contribution in [3.05, 3.63) is 23.7 Å². The smallest absolute Gasteiger partial charge is 0.338 e. The fourth-order valence-corrected chi connectivity index (χ4v) is 1.49. The van der Waals surface area contributed by atoms with E-state index in [4.69, 9.17) is 15.3 Å². The molecule has 0 spiro atoms. The average molecular weight is 201 g/mol. The summed E-state index contributed by atoms with van der Waals surface area (Å²) >= 11 is 1.62. The number of thioether (sulfide) groups is 1. The highest BCUT2D eigenvalue weighted by atomic mass is 32.2. The third-order valence-electron chi connectivity index (χ3n) is 1.41. The molecule has 0 aliphatic carbocycles. The number of carboxylic acids is 1. The Morgan fingerprint density at radius 1 is 1.69 bits per heavy atom. The summed E-state index contributed by atoms with van der Waals surface area (Å²) < 4.78 is 5.03. The van der Waals surface area contributed by atoms with Crippen LogP contribution in [0.15, 0.2) is 16.7 Å². The molecule has 1 aromatic rings. The van der Waals surface area contributed by atoms with Gasteiger partial charge in [0.1, 0.15) is 12.0 Å². The fraction of sp³-hybridized carbons (Fsp3) is 0.375. The van der Waals surface area contributed by atoms with E-state index in [0.29, 0.717) is 18.1 Å². The summed E-state index contributed by atoms with van der Waals surface area (Å²) in [6.45, 7) is 0.622. The zero-order valence-corrected chi connectivity index (χ0v) is 7.84. The predicted octanol–water partition coefficient (Wildman–Crippen LogP) is 1.17. The third kappa shape index (κ3) is 3.12. The second-order valence-electron chi connectivity index (χ2n) is 2.45. The summed E-state index contributed by atoms with van der Waals surface area (Å²) in [4.78, 5) is 10.5. The van der Waals surface area contributed by atoms with Crippen molar-refractivity contribution in [1.82, 2.24) is 0 Å². The van der Waals surface area contributed by atoms with Gasteiger partial charge in [-0.15, -0.1) is 0 Å². The molecule has 0 aromatic carbocycles. The lowest BCUT2D eigenvalue weighted by molar-refractivity contribution is 0.0696. The molecule has 0 bridgehead atoms. The average Bonchev–Trinajstić information content (AvgIpc) is 2.53. The molecule has 72 valence electrons. The highest BCUT2D eigenvalue weighted by Gasteiger charge is 2.07. The minimum atomic E-state index is -0.959. The van der Waals surface area contributed by atoms with Gasteiger partial charge >= 0.3 is 5.97 Å². The molecule has 0 fully saturated rings. The predicted molar refractivity (Wildman–Crippen MR) is 50.9 cm³/mol. The maximum Gasteiger partial charge on any atom is 0.338 e. The molecular formula is C8H11NO3S. The van der Waals surface area contributed by atoms with Crippen LogP contribution in [0.5, 0.6) is 0 Å². The zero-order valence-electron chi connectivity index (χ0n) is 7.03. The largest absolute Gasteiger partial charge is 0.478 e. The molecule has 5 heteroatoms. The molecule has 13 heavy (non-hydrogen) atoms. The number of furan rings is 1. The molecule has 1 aromatic heterocycles. The van der Waals surface area contributed by atoms with Crippen LogP contribution in [0.25, 0.3) is 0 Å². The Kier molecular flexibility index (Phi) is 3.85. The van der Waals surface area contributed by atoms with Crippen molar-refractivity contribution in [3.63, 3.8) is 0 Å². The lowest BCUT2D eigenvalue weighted by Gasteiger charge is -1.93. The van der Waals surface area contributed by atoms with Gasteiger partial charge in [0.15, 0.2) is 0 Å². The van der Waals surface area contributed by atoms with Crippen LogP contribution in [0.4, 0.5) is 0 Å². The van der Waals surface area contributed by atoms with Crippen LogP contribution in [-0.2, 0) is 5.75 Å². The highest BCUT2D eigenvalue weighted by Crippen LogP contribution is 2.14. The monoisotopic (exact) mass is 201 g/mol. The van der Waals surface area contributed by atoms with Crippen molar-refractivity contribution in [2.45, 2.75) is 5.75 Å². The van der Waals surface area contributed by atoms with E-state index in [9.17, 15) is 4.79 Å². The van der Waals surface area contributed by atoms with Gasteiger partial charge in [-0.3, -0.25) is 0 Å². The summed E-state index contributed by atoms with van der Waals surface area (Å²) in [5, 5.41) is 8.58. The number of hydrogen-bond donors (Lipinski definition) is 2. The second-order valence-corrected chi connectivity index (χ2v) is 3.55. The van der Waals surface area contributed by atoms with E-state index in [2.05, 4.69) is 0 Å². The van der Waals surface area contributed by atoms with Gasteiger partial charge in [-0.05, 0) is 6.07 Å². The van der Waals surface area contributed by atoms with Crippen molar-refractivity contribution in [2.75, 3.05) is 12.3 Å². The fourth-order valence-electron chi connectivity index (χ4n) is 0.825. The first kappa shape index (κ1) is 10.1. The van der Waals surface area contributed by atoms with Crippen LogP contribution in [0.3, 0.4) is 0 Å². The SMILES string of the molecule is NCCSCc1cc(C(=O)O)co1. The Bertz CT molecular complexity index is 285. The van der Waals surface area contributed by atoms with Crippen LogP contribution in [-0.4, -0.2) is 23.4 Å². The number of rotatable bonds is 5. The molecule has 0 saturated heterocycles. The van der Waals surface area contributed by atoms with Gasteiger partial charge in [0, 0.05) is 12.3 Å². The Labute approximate surface area is 80.1 Å². The molecule has 0 aliphatic rings. The molecule has 3 N–H and O–H groups in total. The molecule has 0 unspecified atom stereocenters. The maximum atomic E-state index is 10.5. The van der Waals surface area contributed by atoms with Gasteiger partial charge in [-0.25, -0.2) is 4.79 Å². The Hall–Kier alpha value is -0.940. The lowest BCUT2D eigenvalue weighted by Crippen LogP contribution is -2.01. The molecule has 1 rings (SSSR count). The van der Waals surface area contributed by atoms with Crippen molar-refractivity contribution < 1.29 is 14.3 Å². The molecule has 0 radical (unpaired) electrons. The number of aromatic carboxylic acids is 1. The van der Waals surface area contributed by atoms with Gasteiger partial charge in [-0.1, -0.05) is 0 Å². The molecular weight excluding hydrogens is 190 g/mol. The molecule has 0 atom stereocenters. The summed E-state index contributed by atoms with van der Waals surface area (Å²) in [7, 11) is 0. The minimum Gasteiger partial charge on any atom is -0.478 e. The van der Waals surface area contributed by atoms with E-state index in [-0.39, 0.29) is 5.56 Å². The molecule has 0 saturated carbocycles. The summed E-state index contributed by atoms with van der Waals surface area (Å²) in [6.07, 6.45) is 1.25. The van der Waals surface area contributed by atoms with Crippen LogP contribution in [0.1, 0.15) is 16.1 Å². The number of carboxylic acid groups (broad SMARTS) is 1.